The van der Waals surface area contributed by atoms with Crippen LogP contribution in [0, 0.1) is 5.41 Å². The molecule has 2 fully saturated rings. The summed E-state index contributed by atoms with van der Waals surface area (Å²) in [5, 5.41) is 0. The van der Waals surface area contributed by atoms with Crippen molar-refractivity contribution in [3.05, 3.63) is 36.8 Å². The Balaban J connectivity index is 1.55. The zero-order valence-electron chi connectivity index (χ0n) is 14.7. The van der Waals surface area contributed by atoms with Crippen molar-refractivity contribution in [3.8, 4) is 0 Å². The van der Waals surface area contributed by atoms with Crippen LogP contribution in [0.25, 0.3) is 0 Å². The molecule has 0 aromatic carbocycles. The molecule has 2 N–H and O–H groups in total. The summed E-state index contributed by atoms with van der Waals surface area (Å²) in [4.78, 5) is 28.4. The number of likely N-dealkylation sites (tertiary alicyclic amines) is 2. The first-order valence-corrected chi connectivity index (χ1v) is 8.98. The number of carbonyl (C=O) groups is 2. The summed E-state index contributed by atoms with van der Waals surface area (Å²) in [5.74, 6) is 0.936. The van der Waals surface area contributed by atoms with Crippen LogP contribution in [-0.4, -0.2) is 53.8 Å². The molecule has 3 rings (SSSR count). The minimum Gasteiger partial charge on any atom is -0.469 e. The first-order chi connectivity index (χ1) is 12.0. The van der Waals surface area contributed by atoms with Gasteiger partial charge in [0, 0.05) is 39.0 Å². The fraction of sp³-hybridized carbons (Fsp3) is 0.579. The highest BCUT2D eigenvalue weighted by Gasteiger charge is 2.41. The van der Waals surface area contributed by atoms with E-state index < -0.39 is 6.04 Å². The second-order valence-electron chi connectivity index (χ2n) is 7.28. The topological polar surface area (TPSA) is 79.8 Å². The monoisotopic (exact) mass is 345 g/mol. The summed E-state index contributed by atoms with van der Waals surface area (Å²) in [6.07, 6.45) is 7.16. The van der Waals surface area contributed by atoms with Gasteiger partial charge < -0.3 is 20.0 Å². The SMILES string of the molecule is C=CCN1CC2(CCC1=O)CCN(C(=O)[C@H](N)Cc1ccco1)CC2. The molecule has 0 saturated carbocycles. The third kappa shape index (κ3) is 3.95. The second kappa shape index (κ2) is 7.44. The van der Waals surface area contributed by atoms with Crippen LogP contribution in [0.2, 0.25) is 0 Å². The largest absolute Gasteiger partial charge is 0.469 e. The Morgan fingerprint density at radius 2 is 2.16 bits per heavy atom. The lowest BCUT2D eigenvalue weighted by Crippen LogP contribution is -2.54. The minimum atomic E-state index is -0.564. The van der Waals surface area contributed by atoms with E-state index in [0.717, 1.165) is 31.6 Å². The van der Waals surface area contributed by atoms with Gasteiger partial charge in [-0.05, 0) is 36.8 Å². The maximum absolute atomic E-state index is 12.6. The predicted molar refractivity (Wildman–Crippen MR) is 94.6 cm³/mol. The molecule has 1 aromatic heterocycles. The van der Waals surface area contributed by atoms with Crippen molar-refractivity contribution in [1.82, 2.24) is 9.80 Å². The minimum absolute atomic E-state index is 0.0129. The summed E-state index contributed by atoms with van der Waals surface area (Å²) in [7, 11) is 0. The Bertz CT molecular complexity index is 618. The van der Waals surface area contributed by atoms with Crippen LogP contribution in [0.3, 0.4) is 0 Å². The summed E-state index contributed by atoms with van der Waals surface area (Å²) in [6.45, 7) is 6.54. The van der Waals surface area contributed by atoms with Crippen LogP contribution in [0.5, 0.6) is 0 Å². The number of nitrogens with zero attached hydrogens (tertiary/aromatic N) is 2. The van der Waals surface area contributed by atoms with Crippen molar-refractivity contribution >= 4 is 11.8 Å². The highest BCUT2D eigenvalue weighted by molar-refractivity contribution is 5.82. The van der Waals surface area contributed by atoms with E-state index in [4.69, 9.17) is 10.2 Å². The number of furan rings is 1. The molecule has 0 radical (unpaired) electrons. The molecule has 3 heterocycles. The maximum atomic E-state index is 12.6. The predicted octanol–water partition coefficient (Wildman–Crippen LogP) is 1.57. The van der Waals surface area contributed by atoms with Gasteiger partial charge in [-0.1, -0.05) is 6.08 Å². The summed E-state index contributed by atoms with van der Waals surface area (Å²) in [5.41, 5.74) is 6.21. The number of nitrogens with two attached hydrogens (primary N) is 1. The molecule has 1 aromatic rings. The van der Waals surface area contributed by atoms with Gasteiger partial charge in [-0.3, -0.25) is 9.59 Å². The Hall–Kier alpha value is -2.08. The molecule has 6 nitrogen and oxygen atoms in total. The van der Waals surface area contributed by atoms with Crippen molar-refractivity contribution in [2.24, 2.45) is 11.1 Å². The third-order valence-corrected chi connectivity index (χ3v) is 5.55. The average Bonchev–Trinajstić information content (AvgIpc) is 3.12. The van der Waals surface area contributed by atoms with Crippen LogP contribution in [-0.2, 0) is 16.0 Å². The zero-order valence-corrected chi connectivity index (χ0v) is 14.7. The molecule has 1 atom stereocenters. The van der Waals surface area contributed by atoms with Gasteiger partial charge in [-0.25, -0.2) is 0 Å². The number of rotatable bonds is 5. The van der Waals surface area contributed by atoms with Crippen LogP contribution >= 0.6 is 0 Å². The van der Waals surface area contributed by atoms with Crippen LogP contribution in [0.4, 0.5) is 0 Å². The maximum Gasteiger partial charge on any atom is 0.239 e. The molecule has 0 unspecified atom stereocenters. The second-order valence-corrected chi connectivity index (χ2v) is 7.28. The number of piperidine rings is 2. The summed E-state index contributed by atoms with van der Waals surface area (Å²) in [6, 6.07) is 3.08. The molecule has 0 aliphatic carbocycles. The van der Waals surface area contributed by atoms with E-state index in [1.165, 1.54) is 0 Å². The third-order valence-electron chi connectivity index (χ3n) is 5.55. The van der Waals surface area contributed by atoms with Crippen molar-refractivity contribution in [3.63, 3.8) is 0 Å². The van der Waals surface area contributed by atoms with Gasteiger partial charge in [0.2, 0.25) is 11.8 Å². The lowest BCUT2D eigenvalue weighted by molar-refractivity contribution is -0.142. The Kier molecular flexibility index (Phi) is 5.27. The Labute approximate surface area is 148 Å². The van der Waals surface area contributed by atoms with Crippen LogP contribution < -0.4 is 5.73 Å². The van der Waals surface area contributed by atoms with E-state index in [1.807, 2.05) is 15.9 Å². The van der Waals surface area contributed by atoms with E-state index in [2.05, 4.69) is 6.58 Å². The van der Waals surface area contributed by atoms with Crippen molar-refractivity contribution in [2.75, 3.05) is 26.2 Å². The van der Waals surface area contributed by atoms with Gasteiger partial charge in [0.05, 0.1) is 12.3 Å². The van der Waals surface area contributed by atoms with E-state index >= 15 is 0 Å². The van der Waals surface area contributed by atoms with E-state index in [9.17, 15) is 9.59 Å². The number of hydrogen-bond donors (Lipinski definition) is 1. The molecule has 0 bridgehead atoms. The smallest absolute Gasteiger partial charge is 0.239 e. The normalized spacial score (nSPS) is 21.4. The molecule has 25 heavy (non-hydrogen) atoms. The molecule has 2 aliphatic rings. The molecule has 1 spiro atoms. The van der Waals surface area contributed by atoms with Gasteiger partial charge in [0.1, 0.15) is 5.76 Å². The van der Waals surface area contributed by atoms with Crippen molar-refractivity contribution in [2.45, 2.75) is 38.1 Å². The number of hydrogen-bond acceptors (Lipinski definition) is 4. The molecule has 2 amide bonds. The molecule has 6 heteroatoms. The zero-order chi connectivity index (χ0) is 17.9. The molecular weight excluding hydrogens is 318 g/mol. The van der Waals surface area contributed by atoms with Gasteiger partial charge >= 0.3 is 0 Å². The van der Waals surface area contributed by atoms with E-state index in [-0.39, 0.29) is 17.2 Å². The molecular formula is C19H27N3O3. The average molecular weight is 345 g/mol. The Morgan fingerprint density at radius 1 is 1.40 bits per heavy atom. The number of carbonyl (C=O) groups excluding carboxylic acids is 2. The van der Waals surface area contributed by atoms with Crippen LogP contribution in [0.15, 0.2) is 35.5 Å². The Morgan fingerprint density at radius 3 is 2.80 bits per heavy atom. The van der Waals surface area contributed by atoms with Crippen molar-refractivity contribution in [1.29, 1.82) is 0 Å². The fourth-order valence-electron chi connectivity index (χ4n) is 4.00. The fourth-order valence-corrected chi connectivity index (χ4v) is 4.00. The van der Waals surface area contributed by atoms with Gasteiger partial charge in [0.25, 0.3) is 0 Å². The first-order valence-electron chi connectivity index (χ1n) is 8.98. The van der Waals surface area contributed by atoms with Gasteiger partial charge in [-0.15, -0.1) is 6.58 Å². The van der Waals surface area contributed by atoms with Crippen LogP contribution in [0.1, 0.15) is 31.4 Å². The van der Waals surface area contributed by atoms with E-state index in [1.54, 1.807) is 18.4 Å². The number of amides is 2. The van der Waals surface area contributed by atoms with Crippen molar-refractivity contribution < 1.29 is 14.0 Å². The quantitative estimate of drug-likeness (QED) is 0.822. The van der Waals surface area contributed by atoms with Gasteiger partial charge in [-0.2, -0.15) is 0 Å². The standard InChI is InChI=1S/C19H27N3O3/c1-2-9-22-14-19(6-5-17(22)23)7-10-21(11-8-19)18(24)16(20)13-15-4-3-12-25-15/h2-4,12,16H,1,5-11,13-14,20H2/t16-/m1/s1. The first kappa shape index (κ1) is 17.7. The lowest BCUT2D eigenvalue weighted by atomic mass is 9.72. The highest BCUT2D eigenvalue weighted by atomic mass is 16.3. The van der Waals surface area contributed by atoms with E-state index in [0.29, 0.717) is 32.5 Å². The molecule has 2 aliphatic heterocycles. The molecule has 2 saturated heterocycles. The molecule has 136 valence electrons. The highest BCUT2D eigenvalue weighted by Crippen LogP contribution is 2.40. The summed E-state index contributed by atoms with van der Waals surface area (Å²) < 4.78 is 5.28. The van der Waals surface area contributed by atoms with Gasteiger partial charge in [0.15, 0.2) is 0 Å². The summed E-state index contributed by atoms with van der Waals surface area (Å²) >= 11 is 0. The lowest BCUT2D eigenvalue weighted by Gasteiger charge is -2.47.